The molecular weight excluding hydrogens is 656 g/mol. The topological polar surface area (TPSA) is 261 Å². The van der Waals surface area contributed by atoms with E-state index in [-0.39, 0.29) is 44.4 Å². The van der Waals surface area contributed by atoms with Crippen LogP contribution in [0, 0.1) is 12.8 Å². The zero-order valence-corrected chi connectivity index (χ0v) is 30.1. The average molecular weight is 715 g/mol. The summed E-state index contributed by atoms with van der Waals surface area (Å²) in [5.41, 5.74) is 19.2. The van der Waals surface area contributed by atoms with Crippen LogP contribution in [0.15, 0.2) is 36.4 Å². The summed E-state index contributed by atoms with van der Waals surface area (Å²) in [4.78, 5) is 79.6. The van der Waals surface area contributed by atoms with Gasteiger partial charge < -0.3 is 48.9 Å². The first-order valence-electron chi connectivity index (χ1n) is 17.9. The highest BCUT2D eigenvalue weighted by atomic mass is 16.4. The maximum Gasteiger partial charge on any atom is 0.326 e. The van der Waals surface area contributed by atoms with Gasteiger partial charge in [-0.1, -0.05) is 55.8 Å². The van der Waals surface area contributed by atoms with Gasteiger partial charge in [-0.3, -0.25) is 24.0 Å². The Bertz CT molecular complexity index is 1340. The molecule has 1 aromatic rings. The number of rotatable bonds is 17. The van der Waals surface area contributed by atoms with Crippen molar-refractivity contribution in [1.82, 2.24) is 26.6 Å². The fourth-order valence-corrected chi connectivity index (χ4v) is 5.57. The predicted octanol–water partition coefficient (Wildman–Crippen LogP) is 0.0275. The molecule has 12 N–H and O–H groups in total. The molecule has 0 saturated carbocycles. The van der Waals surface area contributed by atoms with E-state index in [2.05, 4.69) is 26.6 Å². The second-order valence-electron chi connectivity index (χ2n) is 13.6. The largest absolute Gasteiger partial charge is 0.480 e. The van der Waals surface area contributed by atoms with Crippen molar-refractivity contribution in [3.63, 3.8) is 0 Å². The first kappa shape index (κ1) is 42.8. The van der Waals surface area contributed by atoms with Crippen LogP contribution in [-0.2, 0) is 35.2 Å². The van der Waals surface area contributed by atoms with Gasteiger partial charge in [0.25, 0.3) is 0 Å². The van der Waals surface area contributed by atoms with Gasteiger partial charge in [-0.05, 0) is 89.3 Å². The number of benzene rings is 1. The first-order chi connectivity index (χ1) is 24.2. The van der Waals surface area contributed by atoms with Gasteiger partial charge in [0.05, 0.1) is 6.04 Å². The van der Waals surface area contributed by atoms with Crippen LogP contribution in [0.3, 0.4) is 0 Å². The maximum atomic E-state index is 13.9. The highest BCUT2D eigenvalue weighted by Gasteiger charge is 2.33. The summed E-state index contributed by atoms with van der Waals surface area (Å²) in [6.45, 7) is 6.37. The standard InChI is InChI=1S/C36H58N8O7/c1-22(2)20-30(36(50)51)44-35(49)29(21-24-16-14-23(3)15-17-24)43-34(48)27-11-5-4-10-25(39)31(45)40-26(12-6-8-18-37)32(46)42-28(33(47)41-27)13-7-9-19-38/h4-5,14-17,22,25-30H,6-13,18-21,37-39H2,1-3H3,(H,40,45)(H,41,47)(H,42,46)(H,43,48)(H,44,49)(H,50,51)/b5-4+/t25-,26-,27-,28-,29-,30-/m0/s1. The van der Waals surface area contributed by atoms with Crippen LogP contribution >= 0.6 is 0 Å². The molecule has 284 valence electrons. The van der Waals surface area contributed by atoms with Gasteiger partial charge in [-0.15, -0.1) is 0 Å². The third kappa shape index (κ3) is 15.6. The number of hydrogen-bond donors (Lipinski definition) is 9. The number of carboxylic acids is 1. The van der Waals surface area contributed by atoms with Gasteiger partial charge in [0.15, 0.2) is 0 Å². The molecule has 2 rings (SSSR count). The van der Waals surface area contributed by atoms with Crippen molar-refractivity contribution in [1.29, 1.82) is 0 Å². The van der Waals surface area contributed by atoms with E-state index >= 15 is 0 Å². The minimum atomic E-state index is -1.20. The smallest absolute Gasteiger partial charge is 0.326 e. The van der Waals surface area contributed by atoms with Crippen molar-refractivity contribution in [3.8, 4) is 0 Å². The maximum absolute atomic E-state index is 13.9. The van der Waals surface area contributed by atoms with Crippen LogP contribution < -0.4 is 43.8 Å². The SMILES string of the molecule is Cc1ccc(C[C@H](NC(=O)[C@@H]2C/C=C/C[C@H](N)C(=O)N[C@@H](CCCCN)C(=O)N[C@@H](CCCCN)C(=O)N2)C(=O)N[C@@H](CC(C)C)C(=O)O)cc1. The Hall–Kier alpha value is -4.34. The Kier molecular flexibility index (Phi) is 18.9. The molecule has 0 unspecified atom stereocenters. The summed E-state index contributed by atoms with van der Waals surface area (Å²) < 4.78 is 0. The normalized spacial score (nSPS) is 22.1. The molecule has 0 aliphatic carbocycles. The highest BCUT2D eigenvalue weighted by Crippen LogP contribution is 2.12. The lowest BCUT2D eigenvalue weighted by Crippen LogP contribution is -2.59. The molecular formula is C36H58N8O7. The van der Waals surface area contributed by atoms with Gasteiger partial charge >= 0.3 is 5.97 Å². The molecule has 0 bridgehead atoms. The van der Waals surface area contributed by atoms with Crippen molar-refractivity contribution >= 4 is 35.5 Å². The summed E-state index contributed by atoms with van der Waals surface area (Å²) in [5, 5.41) is 23.3. The van der Waals surface area contributed by atoms with Crippen molar-refractivity contribution < 1.29 is 33.9 Å². The van der Waals surface area contributed by atoms with Gasteiger partial charge in [0.1, 0.15) is 30.2 Å². The van der Waals surface area contributed by atoms with Crippen LogP contribution in [0.4, 0.5) is 0 Å². The summed E-state index contributed by atoms with van der Waals surface area (Å²) >= 11 is 0. The first-order valence-corrected chi connectivity index (χ1v) is 17.9. The Balaban J connectivity index is 2.43. The van der Waals surface area contributed by atoms with Crippen LogP contribution in [0.1, 0.15) is 82.8 Å². The zero-order valence-electron chi connectivity index (χ0n) is 30.1. The van der Waals surface area contributed by atoms with Gasteiger partial charge in [0, 0.05) is 6.42 Å². The second-order valence-corrected chi connectivity index (χ2v) is 13.6. The monoisotopic (exact) mass is 714 g/mol. The molecule has 1 aliphatic heterocycles. The molecule has 1 heterocycles. The summed E-state index contributed by atoms with van der Waals surface area (Å²) in [5.74, 6) is -4.35. The Morgan fingerprint density at radius 3 is 1.90 bits per heavy atom. The van der Waals surface area contributed by atoms with Gasteiger partial charge in [-0.25, -0.2) is 4.79 Å². The number of amides is 5. The number of carboxylic acid groups (broad SMARTS) is 1. The minimum Gasteiger partial charge on any atom is -0.480 e. The number of carbonyl (C=O) groups excluding carboxylic acids is 5. The Morgan fingerprint density at radius 1 is 0.804 bits per heavy atom. The predicted molar refractivity (Wildman–Crippen MR) is 194 cm³/mol. The van der Waals surface area contributed by atoms with E-state index < -0.39 is 71.8 Å². The lowest BCUT2D eigenvalue weighted by atomic mass is 10.0. The Morgan fingerprint density at radius 2 is 1.35 bits per heavy atom. The van der Waals surface area contributed by atoms with E-state index in [0.29, 0.717) is 38.8 Å². The van der Waals surface area contributed by atoms with Crippen LogP contribution in [0.25, 0.3) is 0 Å². The van der Waals surface area contributed by atoms with Crippen molar-refractivity contribution in [2.45, 2.75) is 121 Å². The fraction of sp³-hybridized carbons (Fsp3) is 0.611. The van der Waals surface area contributed by atoms with E-state index in [1.54, 1.807) is 12.2 Å². The molecule has 15 heteroatoms. The molecule has 6 atom stereocenters. The lowest BCUT2D eigenvalue weighted by Gasteiger charge is -2.27. The minimum absolute atomic E-state index is 0.0260. The lowest BCUT2D eigenvalue weighted by molar-refractivity contribution is -0.142. The molecule has 0 saturated heterocycles. The number of aliphatic carboxylic acids is 1. The third-order valence-electron chi connectivity index (χ3n) is 8.57. The summed E-state index contributed by atoms with van der Waals surface area (Å²) in [7, 11) is 0. The van der Waals surface area contributed by atoms with E-state index in [1.165, 1.54) is 0 Å². The van der Waals surface area contributed by atoms with Crippen LogP contribution in [0.5, 0.6) is 0 Å². The molecule has 0 radical (unpaired) electrons. The summed E-state index contributed by atoms with van der Waals surface area (Å²) in [6.07, 6.45) is 6.29. The number of nitrogens with one attached hydrogen (secondary N) is 5. The van der Waals surface area contributed by atoms with E-state index in [4.69, 9.17) is 17.2 Å². The van der Waals surface area contributed by atoms with Crippen molar-refractivity contribution in [3.05, 3.63) is 47.5 Å². The molecule has 0 fully saturated rings. The van der Waals surface area contributed by atoms with Crippen LogP contribution in [0.2, 0.25) is 0 Å². The fourth-order valence-electron chi connectivity index (χ4n) is 5.57. The second kappa shape index (κ2) is 22.5. The third-order valence-corrected chi connectivity index (χ3v) is 8.57. The number of aryl methyl sites for hydroxylation is 1. The Labute approximate surface area is 300 Å². The molecule has 0 spiro atoms. The number of carbonyl (C=O) groups is 6. The van der Waals surface area contributed by atoms with Gasteiger partial charge in [-0.2, -0.15) is 0 Å². The van der Waals surface area contributed by atoms with Crippen molar-refractivity contribution in [2.24, 2.45) is 23.1 Å². The van der Waals surface area contributed by atoms with E-state index in [0.717, 1.165) is 11.1 Å². The molecule has 15 nitrogen and oxygen atoms in total. The average Bonchev–Trinajstić information content (AvgIpc) is 3.08. The number of unbranched alkanes of at least 4 members (excludes halogenated alkanes) is 2. The molecule has 1 aromatic carbocycles. The molecule has 0 aromatic heterocycles. The van der Waals surface area contributed by atoms with Crippen LogP contribution in [-0.4, -0.2) is 90.0 Å². The number of hydrogen-bond acceptors (Lipinski definition) is 9. The highest BCUT2D eigenvalue weighted by molar-refractivity contribution is 5.96. The quantitative estimate of drug-likeness (QED) is 0.0772. The molecule has 5 amide bonds. The van der Waals surface area contributed by atoms with E-state index in [1.807, 2.05) is 45.0 Å². The number of nitrogens with two attached hydrogens (primary N) is 3. The molecule has 51 heavy (non-hydrogen) atoms. The van der Waals surface area contributed by atoms with Gasteiger partial charge in [0.2, 0.25) is 29.5 Å². The van der Waals surface area contributed by atoms with E-state index in [9.17, 15) is 33.9 Å². The molecule has 1 aliphatic rings. The zero-order chi connectivity index (χ0) is 37.9. The summed E-state index contributed by atoms with van der Waals surface area (Å²) in [6, 6.07) is 0.787. The van der Waals surface area contributed by atoms with Crippen molar-refractivity contribution in [2.75, 3.05) is 13.1 Å².